The molecular formula is C23H21NO3. The molecule has 4 rings (SSSR count). The summed E-state index contributed by atoms with van der Waals surface area (Å²) >= 11 is 0. The smallest absolute Gasteiger partial charge is 0.345 e. The number of fused-ring (bicyclic) bond motifs is 3. The second kappa shape index (κ2) is 6.23. The van der Waals surface area contributed by atoms with Crippen LogP contribution in [0.5, 0.6) is 5.75 Å². The molecule has 27 heavy (non-hydrogen) atoms. The molecule has 3 aromatic carbocycles. The molecule has 0 spiro atoms. The van der Waals surface area contributed by atoms with Gasteiger partial charge in [-0.2, -0.15) is 0 Å². The standard InChI is InChI=1S/C23H21NO3/c1-15-8-4-5-10-18(15)14-23(16(2)25)22(26)27-20-13-12-17-9-6-7-11-19(17)21(20)24(23)3/h4-13H,14H2,1-3H3/t23-/m1/s1. The fraction of sp³-hybridized carbons (Fsp3) is 0.217. The Morgan fingerprint density at radius 2 is 1.74 bits per heavy atom. The Morgan fingerprint density at radius 1 is 1.04 bits per heavy atom. The molecule has 0 unspecified atom stereocenters. The van der Waals surface area contributed by atoms with Gasteiger partial charge >= 0.3 is 5.97 Å². The molecule has 0 bridgehead atoms. The summed E-state index contributed by atoms with van der Waals surface area (Å²) < 4.78 is 5.70. The number of anilines is 1. The van der Waals surface area contributed by atoms with Crippen LogP contribution in [0.15, 0.2) is 60.7 Å². The number of likely N-dealkylation sites (N-methyl/N-ethyl adjacent to an activating group) is 1. The maximum absolute atomic E-state index is 13.1. The van der Waals surface area contributed by atoms with Crippen molar-refractivity contribution in [1.29, 1.82) is 0 Å². The predicted octanol–water partition coefficient (Wildman–Crippen LogP) is 4.07. The van der Waals surface area contributed by atoms with E-state index < -0.39 is 11.5 Å². The van der Waals surface area contributed by atoms with E-state index in [4.69, 9.17) is 4.74 Å². The lowest BCUT2D eigenvalue weighted by Gasteiger charge is -2.43. The topological polar surface area (TPSA) is 46.6 Å². The summed E-state index contributed by atoms with van der Waals surface area (Å²) in [4.78, 5) is 27.8. The summed E-state index contributed by atoms with van der Waals surface area (Å²) in [6.45, 7) is 3.45. The molecule has 0 N–H and O–H groups in total. The van der Waals surface area contributed by atoms with E-state index in [1.807, 2.05) is 73.5 Å². The minimum atomic E-state index is -1.39. The molecule has 1 aliphatic rings. The summed E-state index contributed by atoms with van der Waals surface area (Å²) in [5.41, 5.74) is 1.39. The highest BCUT2D eigenvalue weighted by molar-refractivity contribution is 6.16. The predicted molar refractivity (Wildman–Crippen MR) is 106 cm³/mol. The molecule has 0 fully saturated rings. The van der Waals surface area contributed by atoms with Crippen molar-refractivity contribution in [3.8, 4) is 5.75 Å². The number of aryl methyl sites for hydroxylation is 1. The van der Waals surface area contributed by atoms with Gasteiger partial charge in [-0.1, -0.05) is 54.6 Å². The molecule has 0 aliphatic carbocycles. The van der Waals surface area contributed by atoms with Gasteiger partial charge in [-0.3, -0.25) is 4.79 Å². The van der Waals surface area contributed by atoms with Crippen LogP contribution < -0.4 is 9.64 Å². The van der Waals surface area contributed by atoms with Crippen molar-refractivity contribution >= 4 is 28.2 Å². The van der Waals surface area contributed by atoms with Gasteiger partial charge in [0.25, 0.3) is 0 Å². The number of ether oxygens (including phenoxy) is 1. The molecule has 1 aliphatic heterocycles. The Kier molecular flexibility index (Phi) is 3.99. The summed E-state index contributed by atoms with van der Waals surface area (Å²) in [7, 11) is 1.81. The Morgan fingerprint density at radius 3 is 2.48 bits per heavy atom. The van der Waals surface area contributed by atoms with Crippen LogP contribution in [0.2, 0.25) is 0 Å². The first kappa shape index (κ1) is 17.3. The molecule has 0 saturated carbocycles. The second-order valence-electron chi connectivity index (χ2n) is 7.10. The normalized spacial score (nSPS) is 18.9. The van der Waals surface area contributed by atoms with Crippen LogP contribution in [0.25, 0.3) is 10.8 Å². The molecule has 4 nitrogen and oxygen atoms in total. The second-order valence-corrected chi connectivity index (χ2v) is 7.10. The molecule has 1 atom stereocenters. The van der Waals surface area contributed by atoms with Gasteiger partial charge in [0, 0.05) is 18.9 Å². The van der Waals surface area contributed by atoms with Gasteiger partial charge in [-0.15, -0.1) is 0 Å². The third-order valence-electron chi connectivity index (χ3n) is 5.60. The third kappa shape index (κ3) is 2.52. The number of hydrogen-bond acceptors (Lipinski definition) is 4. The Hall–Kier alpha value is -3.14. The van der Waals surface area contributed by atoms with E-state index in [0.717, 1.165) is 27.6 Å². The van der Waals surface area contributed by atoms with Gasteiger partial charge in [0.15, 0.2) is 11.5 Å². The van der Waals surface area contributed by atoms with Crippen LogP contribution in [0.1, 0.15) is 18.1 Å². The minimum absolute atomic E-state index is 0.225. The molecule has 4 heteroatoms. The van der Waals surface area contributed by atoms with Gasteiger partial charge in [0.2, 0.25) is 5.54 Å². The number of hydrogen-bond donors (Lipinski definition) is 0. The number of carbonyl (C=O) groups is 2. The molecular weight excluding hydrogens is 338 g/mol. The van der Waals surface area contributed by atoms with Crippen molar-refractivity contribution in [1.82, 2.24) is 0 Å². The number of nitrogens with zero attached hydrogens (tertiary/aromatic N) is 1. The minimum Gasteiger partial charge on any atom is -0.422 e. The first-order chi connectivity index (χ1) is 12.9. The average Bonchev–Trinajstić information content (AvgIpc) is 2.65. The molecule has 0 saturated heterocycles. The van der Waals surface area contributed by atoms with Crippen LogP contribution in [-0.4, -0.2) is 24.3 Å². The first-order valence-corrected chi connectivity index (χ1v) is 8.98. The number of rotatable bonds is 3. The fourth-order valence-corrected chi connectivity index (χ4v) is 3.95. The van der Waals surface area contributed by atoms with Crippen LogP contribution in [0.4, 0.5) is 5.69 Å². The molecule has 3 aromatic rings. The van der Waals surface area contributed by atoms with Crippen LogP contribution in [0.3, 0.4) is 0 Å². The number of carbonyl (C=O) groups excluding carboxylic acids is 2. The number of benzene rings is 3. The Labute approximate surface area is 158 Å². The lowest BCUT2D eigenvalue weighted by atomic mass is 9.82. The van der Waals surface area contributed by atoms with E-state index in [-0.39, 0.29) is 12.2 Å². The summed E-state index contributed by atoms with van der Waals surface area (Å²) in [6.07, 6.45) is 0.271. The van der Waals surface area contributed by atoms with Crippen molar-refractivity contribution in [2.24, 2.45) is 0 Å². The van der Waals surface area contributed by atoms with E-state index in [2.05, 4.69) is 0 Å². The zero-order valence-corrected chi connectivity index (χ0v) is 15.7. The highest BCUT2D eigenvalue weighted by Gasteiger charge is 2.53. The lowest BCUT2D eigenvalue weighted by molar-refractivity contribution is -0.146. The van der Waals surface area contributed by atoms with Gasteiger partial charge in [-0.05, 0) is 36.4 Å². The number of Topliss-reactive ketones (excluding diaryl/α,β-unsaturated/α-hetero) is 1. The fourth-order valence-electron chi connectivity index (χ4n) is 3.95. The molecule has 1 heterocycles. The largest absolute Gasteiger partial charge is 0.422 e. The van der Waals surface area contributed by atoms with Crippen molar-refractivity contribution in [3.05, 3.63) is 71.8 Å². The molecule has 0 amide bonds. The highest BCUT2D eigenvalue weighted by Crippen LogP contribution is 2.44. The molecule has 0 aromatic heterocycles. The summed E-state index contributed by atoms with van der Waals surface area (Å²) in [6, 6.07) is 19.5. The van der Waals surface area contributed by atoms with Gasteiger partial charge in [0.1, 0.15) is 0 Å². The summed E-state index contributed by atoms with van der Waals surface area (Å²) in [5.74, 6) is -0.261. The van der Waals surface area contributed by atoms with E-state index in [9.17, 15) is 9.59 Å². The maximum atomic E-state index is 13.1. The highest BCUT2D eigenvalue weighted by atomic mass is 16.5. The van der Waals surface area contributed by atoms with E-state index in [0.29, 0.717) is 5.75 Å². The van der Waals surface area contributed by atoms with Crippen molar-refractivity contribution in [2.75, 3.05) is 11.9 Å². The first-order valence-electron chi connectivity index (χ1n) is 8.98. The number of ketones is 1. The van der Waals surface area contributed by atoms with Crippen LogP contribution in [-0.2, 0) is 16.0 Å². The van der Waals surface area contributed by atoms with E-state index in [1.54, 1.807) is 6.07 Å². The Bertz CT molecular complexity index is 1070. The zero-order chi connectivity index (χ0) is 19.2. The zero-order valence-electron chi connectivity index (χ0n) is 15.7. The Balaban J connectivity index is 1.94. The van der Waals surface area contributed by atoms with E-state index in [1.165, 1.54) is 6.92 Å². The number of esters is 1. The average molecular weight is 359 g/mol. The lowest BCUT2D eigenvalue weighted by Crippen LogP contribution is -2.63. The van der Waals surface area contributed by atoms with Crippen LogP contribution in [0, 0.1) is 6.92 Å². The van der Waals surface area contributed by atoms with Crippen LogP contribution >= 0.6 is 0 Å². The van der Waals surface area contributed by atoms with Gasteiger partial charge in [-0.25, -0.2) is 4.79 Å². The molecule has 0 radical (unpaired) electrons. The van der Waals surface area contributed by atoms with Crippen molar-refractivity contribution < 1.29 is 14.3 Å². The van der Waals surface area contributed by atoms with Gasteiger partial charge in [0.05, 0.1) is 5.69 Å². The maximum Gasteiger partial charge on any atom is 0.345 e. The van der Waals surface area contributed by atoms with Crippen molar-refractivity contribution in [2.45, 2.75) is 25.8 Å². The SMILES string of the molecule is CC(=O)[C@]1(Cc2ccccc2C)C(=O)Oc2ccc3ccccc3c2N1C. The third-order valence-corrected chi connectivity index (χ3v) is 5.60. The molecule has 136 valence electrons. The van der Waals surface area contributed by atoms with Crippen molar-refractivity contribution in [3.63, 3.8) is 0 Å². The van der Waals surface area contributed by atoms with E-state index >= 15 is 0 Å². The summed E-state index contributed by atoms with van der Waals surface area (Å²) in [5, 5.41) is 2.00. The quantitative estimate of drug-likeness (QED) is 0.402. The van der Waals surface area contributed by atoms with Gasteiger partial charge < -0.3 is 9.64 Å². The monoisotopic (exact) mass is 359 g/mol.